The van der Waals surface area contributed by atoms with Gasteiger partial charge in [-0.1, -0.05) is 0 Å². The summed E-state index contributed by atoms with van der Waals surface area (Å²) >= 11 is 3.85. The van der Waals surface area contributed by atoms with Gasteiger partial charge in [0.1, 0.15) is 11.9 Å². The second kappa shape index (κ2) is 5.85. The first-order valence-corrected chi connectivity index (χ1v) is 5.43. The number of ether oxygens (including phenoxy) is 1. The molecule has 0 fully saturated rings. The smallest absolute Gasteiger partial charge is 0.270 e. The fourth-order valence-corrected chi connectivity index (χ4v) is 1.57. The van der Waals surface area contributed by atoms with E-state index >= 15 is 0 Å². The molecular weight excluding hydrogens is 246 g/mol. The Bertz CT molecular complexity index is 412. The fourth-order valence-electron chi connectivity index (χ4n) is 1.37. The van der Waals surface area contributed by atoms with E-state index in [0.29, 0.717) is 0 Å². The molecule has 0 saturated carbocycles. The zero-order valence-electron chi connectivity index (χ0n) is 9.11. The Morgan fingerprint density at radius 1 is 1.53 bits per heavy atom. The van der Waals surface area contributed by atoms with Crippen molar-refractivity contribution in [2.24, 2.45) is 0 Å². The van der Waals surface area contributed by atoms with Crippen molar-refractivity contribution in [1.82, 2.24) is 0 Å². The van der Waals surface area contributed by atoms with Crippen LogP contribution in [0.5, 0.6) is 5.75 Å². The summed E-state index contributed by atoms with van der Waals surface area (Å²) in [4.78, 5) is 10.0. The van der Waals surface area contributed by atoms with Crippen LogP contribution in [0.4, 0.5) is 5.69 Å². The van der Waals surface area contributed by atoms with Crippen LogP contribution in [-0.2, 0) is 0 Å². The van der Waals surface area contributed by atoms with Crippen molar-refractivity contribution in [3.63, 3.8) is 0 Å². The topological polar surface area (TPSA) is 92.8 Å². The van der Waals surface area contributed by atoms with E-state index in [1.807, 2.05) is 0 Å². The number of rotatable bonds is 5. The van der Waals surface area contributed by atoms with E-state index in [-0.39, 0.29) is 22.8 Å². The molecule has 0 aliphatic carbocycles. The molecular formula is C10H13NO5S. The maximum Gasteiger partial charge on any atom is 0.270 e. The van der Waals surface area contributed by atoms with E-state index in [9.17, 15) is 20.3 Å². The summed E-state index contributed by atoms with van der Waals surface area (Å²) in [5.41, 5.74) is -0.00513. The van der Waals surface area contributed by atoms with E-state index in [4.69, 9.17) is 4.74 Å². The van der Waals surface area contributed by atoms with Crippen LogP contribution < -0.4 is 4.74 Å². The van der Waals surface area contributed by atoms with E-state index in [1.165, 1.54) is 25.3 Å². The van der Waals surface area contributed by atoms with Gasteiger partial charge in [-0.2, -0.15) is 12.6 Å². The molecule has 0 aliphatic heterocycles. The number of nitro benzene ring substituents is 1. The standard InChI is InChI=1S/C10H13NO5S/c1-16-9-3-2-6(11(14)15)4-7(9)10(13)8(12)5-17/h2-4,8,10,12-13,17H,5H2,1H3. The van der Waals surface area contributed by atoms with Crippen LogP contribution in [0.15, 0.2) is 18.2 Å². The van der Waals surface area contributed by atoms with Crippen molar-refractivity contribution in [1.29, 1.82) is 0 Å². The zero-order valence-corrected chi connectivity index (χ0v) is 10.0. The highest BCUT2D eigenvalue weighted by molar-refractivity contribution is 7.80. The van der Waals surface area contributed by atoms with Gasteiger partial charge >= 0.3 is 0 Å². The molecule has 6 nitrogen and oxygen atoms in total. The highest BCUT2D eigenvalue weighted by Crippen LogP contribution is 2.31. The lowest BCUT2D eigenvalue weighted by molar-refractivity contribution is -0.385. The number of nitro groups is 1. The Morgan fingerprint density at radius 3 is 2.65 bits per heavy atom. The summed E-state index contributed by atoms with van der Waals surface area (Å²) in [6.45, 7) is 0. The predicted molar refractivity (Wildman–Crippen MR) is 64.5 cm³/mol. The number of hydrogen-bond donors (Lipinski definition) is 3. The molecule has 0 heterocycles. The fraction of sp³-hybridized carbons (Fsp3) is 0.400. The molecule has 0 aromatic heterocycles. The summed E-state index contributed by atoms with van der Waals surface area (Å²) in [5.74, 6) is 0.316. The lowest BCUT2D eigenvalue weighted by Crippen LogP contribution is -2.20. The lowest BCUT2D eigenvalue weighted by atomic mass is 10.0. The summed E-state index contributed by atoms with van der Waals surface area (Å²) in [5, 5.41) is 29.9. The second-order valence-electron chi connectivity index (χ2n) is 3.38. The molecule has 0 aliphatic rings. The van der Waals surface area contributed by atoms with Crippen LogP contribution in [0.1, 0.15) is 11.7 Å². The van der Waals surface area contributed by atoms with Gasteiger partial charge in [-0.15, -0.1) is 0 Å². The van der Waals surface area contributed by atoms with Gasteiger partial charge < -0.3 is 14.9 Å². The third-order valence-corrected chi connectivity index (χ3v) is 2.67. The van der Waals surface area contributed by atoms with Gasteiger partial charge in [0.25, 0.3) is 5.69 Å². The Morgan fingerprint density at radius 2 is 2.18 bits per heavy atom. The molecule has 1 rings (SSSR count). The average molecular weight is 259 g/mol. The number of non-ortho nitro benzene ring substituents is 1. The monoisotopic (exact) mass is 259 g/mol. The molecule has 7 heteroatoms. The van der Waals surface area contributed by atoms with Crippen molar-refractivity contribution >= 4 is 18.3 Å². The number of aliphatic hydroxyl groups is 2. The zero-order chi connectivity index (χ0) is 13.0. The molecule has 0 saturated heterocycles. The molecule has 0 amide bonds. The van der Waals surface area contributed by atoms with Crippen LogP contribution in [0, 0.1) is 10.1 Å². The molecule has 2 atom stereocenters. The van der Waals surface area contributed by atoms with Gasteiger partial charge in [-0.3, -0.25) is 10.1 Å². The number of methoxy groups -OCH3 is 1. The molecule has 0 bridgehead atoms. The van der Waals surface area contributed by atoms with Crippen LogP contribution in [0.3, 0.4) is 0 Å². The highest BCUT2D eigenvalue weighted by Gasteiger charge is 2.23. The normalized spacial score (nSPS) is 14.1. The van der Waals surface area contributed by atoms with Gasteiger partial charge in [0.05, 0.1) is 18.1 Å². The quantitative estimate of drug-likeness (QED) is 0.415. The van der Waals surface area contributed by atoms with E-state index < -0.39 is 17.1 Å². The van der Waals surface area contributed by atoms with Crippen molar-refractivity contribution in [2.45, 2.75) is 12.2 Å². The SMILES string of the molecule is COc1ccc([N+](=O)[O-])cc1C(O)C(O)CS. The third kappa shape index (κ3) is 3.09. The second-order valence-corrected chi connectivity index (χ2v) is 3.74. The van der Waals surface area contributed by atoms with Gasteiger partial charge in [0.2, 0.25) is 0 Å². The molecule has 1 aromatic carbocycles. The number of benzene rings is 1. The number of thiol groups is 1. The van der Waals surface area contributed by atoms with Gasteiger partial charge in [-0.25, -0.2) is 0 Å². The Kier molecular flexibility index (Phi) is 4.73. The summed E-state index contributed by atoms with van der Waals surface area (Å²) < 4.78 is 4.98. The van der Waals surface area contributed by atoms with Crippen LogP contribution in [-0.4, -0.2) is 34.1 Å². The van der Waals surface area contributed by atoms with Crippen molar-refractivity contribution in [2.75, 3.05) is 12.9 Å². The molecule has 1 aromatic rings. The maximum absolute atomic E-state index is 10.6. The van der Waals surface area contributed by atoms with Crippen molar-refractivity contribution in [3.05, 3.63) is 33.9 Å². The van der Waals surface area contributed by atoms with Crippen molar-refractivity contribution < 1.29 is 19.9 Å². The largest absolute Gasteiger partial charge is 0.496 e. The number of hydrogen-bond acceptors (Lipinski definition) is 6. The first kappa shape index (κ1) is 13.8. The first-order chi connectivity index (χ1) is 8.01. The minimum Gasteiger partial charge on any atom is -0.496 e. The molecule has 94 valence electrons. The summed E-state index contributed by atoms with van der Waals surface area (Å²) in [6.07, 6.45) is -2.39. The van der Waals surface area contributed by atoms with E-state index in [1.54, 1.807) is 0 Å². The van der Waals surface area contributed by atoms with Gasteiger partial charge in [-0.05, 0) is 6.07 Å². The first-order valence-electron chi connectivity index (χ1n) is 4.80. The van der Waals surface area contributed by atoms with Crippen LogP contribution in [0.2, 0.25) is 0 Å². The summed E-state index contributed by atoms with van der Waals surface area (Å²) in [6, 6.07) is 3.82. The molecule has 2 unspecified atom stereocenters. The van der Waals surface area contributed by atoms with Crippen LogP contribution in [0.25, 0.3) is 0 Å². The van der Waals surface area contributed by atoms with Crippen molar-refractivity contribution in [3.8, 4) is 5.75 Å². The third-order valence-electron chi connectivity index (χ3n) is 2.29. The predicted octanol–water partition coefficient (Wildman–Crippen LogP) is 0.927. The maximum atomic E-state index is 10.6. The highest BCUT2D eigenvalue weighted by atomic mass is 32.1. The number of aliphatic hydroxyl groups excluding tert-OH is 2. The minimum atomic E-state index is -1.28. The molecule has 17 heavy (non-hydrogen) atoms. The van der Waals surface area contributed by atoms with E-state index in [0.717, 1.165) is 0 Å². The van der Waals surface area contributed by atoms with Gasteiger partial charge in [0, 0.05) is 23.4 Å². The molecule has 0 radical (unpaired) electrons. The summed E-state index contributed by atoms with van der Waals surface area (Å²) in [7, 11) is 1.38. The van der Waals surface area contributed by atoms with Crippen LogP contribution >= 0.6 is 12.6 Å². The van der Waals surface area contributed by atoms with Gasteiger partial charge in [0.15, 0.2) is 0 Å². The molecule has 2 N–H and O–H groups in total. The lowest BCUT2D eigenvalue weighted by Gasteiger charge is -2.18. The number of nitrogens with zero attached hydrogens (tertiary/aromatic N) is 1. The average Bonchev–Trinajstić information content (AvgIpc) is 2.35. The Balaban J connectivity index is 3.18. The molecule has 0 spiro atoms. The Labute approximate surface area is 103 Å². The Hall–Kier alpha value is -1.31. The minimum absolute atomic E-state index is 0.0347. The van der Waals surface area contributed by atoms with E-state index in [2.05, 4.69) is 12.6 Å².